The third-order valence-corrected chi connectivity index (χ3v) is 10.4. The van der Waals surface area contributed by atoms with E-state index >= 15 is 0 Å². The molecule has 0 saturated heterocycles. The Morgan fingerprint density at radius 3 is 1.20 bits per heavy atom. The van der Waals surface area contributed by atoms with E-state index in [1.165, 1.54) is 13.8 Å². The zero-order valence-electron chi connectivity index (χ0n) is 25.0. The van der Waals surface area contributed by atoms with Crippen LogP contribution in [0.1, 0.15) is 81.1 Å². The van der Waals surface area contributed by atoms with Gasteiger partial charge >= 0.3 is 11.9 Å². The number of hydrogen-bond acceptors (Lipinski definition) is 10. The molecule has 0 unspecified atom stereocenters. The topological polar surface area (TPSA) is 155 Å². The molecule has 0 atom stereocenters. The summed E-state index contributed by atoms with van der Waals surface area (Å²) in [4.78, 5) is 52.1. The number of carbonyl (C=O) groups excluding carboxylic acids is 4. The normalized spacial score (nSPS) is 15.5. The Balaban J connectivity index is 3.02. The van der Waals surface area contributed by atoms with E-state index in [1.807, 2.05) is 0 Å². The summed E-state index contributed by atoms with van der Waals surface area (Å²) in [5.41, 5.74) is -1.55. The van der Waals surface area contributed by atoms with Crippen molar-refractivity contribution in [3.8, 4) is 0 Å². The molecule has 1 rings (SSSR count). The summed E-state index contributed by atoms with van der Waals surface area (Å²) >= 11 is 0. The third kappa shape index (κ3) is 9.94. The van der Waals surface area contributed by atoms with Crippen LogP contribution in [0, 0.1) is 10.8 Å². The predicted octanol–water partition coefficient (Wildman–Crippen LogP) is 3.34. The Hall–Kier alpha value is -2.34. The average Bonchev–Trinajstić information content (AvgIpc) is 2.76. The SMILES string of the molecule is CCCS(=O)(=O)CCOC(=O)CC(C)(C)C1=C(C)C(=O)C(C(C)(C)CC(=O)OCCS(=O)(=O)CCC)=C(C)C1=O. The quantitative estimate of drug-likeness (QED) is 0.189. The molecule has 0 heterocycles. The van der Waals surface area contributed by atoms with Gasteiger partial charge in [0.25, 0.3) is 0 Å². The first-order valence-electron chi connectivity index (χ1n) is 13.5. The van der Waals surface area contributed by atoms with Gasteiger partial charge in [-0.3, -0.25) is 19.2 Å². The fourth-order valence-corrected chi connectivity index (χ4v) is 7.29. The van der Waals surface area contributed by atoms with E-state index in [0.29, 0.717) is 12.8 Å². The van der Waals surface area contributed by atoms with Crippen LogP contribution in [0.15, 0.2) is 22.3 Å². The summed E-state index contributed by atoms with van der Waals surface area (Å²) in [7, 11) is -6.64. The fraction of sp³-hybridized carbons (Fsp3) is 0.714. The zero-order chi connectivity index (χ0) is 31.1. The van der Waals surface area contributed by atoms with Gasteiger partial charge in [0.05, 0.1) is 35.9 Å². The number of rotatable bonds is 16. The third-order valence-electron chi connectivity index (χ3n) is 6.76. The molecule has 0 bridgehead atoms. The van der Waals surface area contributed by atoms with E-state index in [-0.39, 0.29) is 71.4 Å². The minimum absolute atomic E-state index is 0.00161. The smallest absolute Gasteiger partial charge is 0.306 e. The van der Waals surface area contributed by atoms with E-state index in [9.17, 15) is 36.0 Å². The minimum atomic E-state index is -3.32. The summed E-state index contributed by atoms with van der Waals surface area (Å²) in [5.74, 6) is -2.80. The van der Waals surface area contributed by atoms with Gasteiger partial charge < -0.3 is 9.47 Å². The summed E-state index contributed by atoms with van der Waals surface area (Å²) in [6, 6.07) is 0. The van der Waals surface area contributed by atoms with Crippen LogP contribution in [-0.2, 0) is 48.3 Å². The van der Waals surface area contributed by atoms with Crippen molar-refractivity contribution < 1.29 is 45.5 Å². The highest BCUT2D eigenvalue weighted by molar-refractivity contribution is 7.91. The summed E-state index contributed by atoms with van der Waals surface area (Å²) in [5, 5.41) is 0. The van der Waals surface area contributed by atoms with E-state index in [2.05, 4.69) is 0 Å². The fourth-order valence-electron chi connectivity index (χ4n) is 4.96. The molecule has 0 aliphatic heterocycles. The lowest BCUT2D eigenvalue weighted by molar-refractivity contribution is -0.146. The number of ether oxygens (including phenoxy) is 2. The van der Waals surface area contributed by atoms with E-state index in [4.69, 9.17) is 9.47 Å². The van der Waals surface area contributed by atoms with Gasteiger partial charge in [0.2, 0.25) is 0 Å². The standard InChI is InChI=1S/C28H44O10S2/c1-9-13-39(33,34)15-11-37-21(29)17-27(5,6)23-19(3)26(32)24(20(4)25(23)31)28(7,8)18-22(30)38-12-16-40(35,36)14-10-2/h9-18H2,1-8H3. The Morgan fingerprint density at radius 2 is 0.925 bits per heavy atom. The number of hydrogen-bond donors (Lipinski definition) is 0. The summed E-state index contributed by atoms with van der Waals surface area (Å²) in [6.45, 7) is 12.4. The molecule has 10 nitrogen and oxygen atoms in total. The van der Waals surface area contributed by atoms with Crippen LogP contribution in [0.4, 0.5) is 0 Å². The van der Waals surface area contributed by atoms with Crippen LogP contribution in [0.5, 0.6) is 0 Å². The maximum absolute atomic E-state index is 13.5. The zero-order valence-corrected chi connectivity index (χ0v) is 26.6. The molecule has 12 heteroatoms. The summed E-state index contributed by atoms with van der Waals surface area (Å²) in [6.07, 6.45) is 0.434. The van der Waals surface area contributed by atoms with Gasteiger partial charge in [-0.15, -0.1) is 0 Å². The second-order valence-corrected chi connectivity index (χ2v) is 16.1. The van der Waals surface area contributed by atoms with Crippen LogP contribution in [0.25, 0.3) is 0 Å². The molecule has 0 aromatic heterocycles. The minimum Gasteiger partial charge on any atom is -0.465 e. The van der Waals surface area contributed by atoms with E-state index in [0.717, 1.165) is 0 Å². The highest BCUT2D eigenvalue weighted by atomic mass is 32.2. The number of allylic oxidation sites excluding steroid dienone is 4. The molecular formula is C28H44O10S2. The van der Waals surface area contributed by atoms with Crippen molar-refractivity contribution >= 4 is 43.2 Å². The first-order valence-corrected chi connectivity index (χ1v) is 17.1. The second kappa shape index (κ2) is 14.0. The van der Waals surface area contributed by atoms with Crippen molar-refractivity contribution in [2.24, 2.45) is 10.8 Å². The molecule has 0 N–H and O–H groups in total. The Morgan fingerprint density at radius 1 is 0.625 bits per heavy atom. The largest absolute Gasteiger partial charge is 0.465 e. The Labute approximate surface area is 238 Å². The molecule has 40 heavy (non-hydrogen) atoms. The molecule has 0 aromatic rings. The molecule has 228 valence electrons. The van der Waals surface area contributed by atoms with Gasteiger partial charge in [0.15, 0.2) is 31.2 Å². The average molecular weight is 605 g/mol. The molecule has 0 aromatic carbocycles. The van der Waals surface area contributed by atoms with Gasteiger partial charge in [-0.05, 0) is 26.7 Å². The van der Waals surface area contributed by atoms with Crippen LogP contribution >= 0.6 is 0 Å². The first-order chi connectivity index (χ1) is 18.2. The number of Topliss-reactive ketones (excluding diaryl/α,β-unsaturated/α-hetero) is 2. The van der Waals surface area contributed by atoms with Crippen LogP contribution in [-0.4, -0.2) is 76.6 Å². The Kier molecular flexibility index (Phi) is 12.5. The number of carbonyl (C=O) groups is 4. The molecule has 0 fully saturated rings. The van der Waals surface area contributed by atoms with Crippen molar-refractivity contribution in [1.29, 1.82) is 0 Å². The van der Waals surface area contributed by atoms with E-state index in [1.54, 1.807) is 41.5 Å². The molecule has 0 saturated carbocycles. The van der Waals surface area contributed by atoms with Gasteiger partial charge in [-0.2, -0.15) is 0 Å². The van der Waals surface area contributed by atoms with Crippen molar-refractivity contribution in [3.05, 3.63) is 22.3 Å². The van der Waals surface area contributed by atoms with Crippen molar-refractivity contribution in [2.45, 2.75) is 81.1 Å². The highest BCUT2D eigenvalue weighted by Gasteiger charge is 2.44. The lowest BCUT2D eigenvalue weighted by Crippen LogP contribution is -2.37. The van der Waals surface area contributed by atoms with Gasteiger partial charge in [-0.25, -0.2) is 16.8 Å². The van der Waals surface area contributed by atoms with Crippen LogP contribution in [0.2, 0.25) is 0 Å². The predicted molar refractivity (Wildman–Crippen MR) is 152 cm³/mol. The monoisotopic (exact) mass is 604 g/mol. The molecular weight excluding hydrogens is 560 g/mol. The number of esters is 2. The lowest BCUT2D eigenvalue weighted by Gasteiger charge is -2.35. The summed E-state index contributed by atoms with van der Waals surface area (Å²) < 4.78 is 57.7. The molecule has 0 radical (unpaired) electrons. The molecule has 0 spiro atoms. The van der Waals surface area contributed by atoms with Gasteiger partial charge in [-0.1, -0.05) is 41.5 Å². The molecule has 1 aliphatic rings. The van der Waals surface area contributed by atoms with Gasteiger partial charge in [0, 0.05) is 33.1 Å². The lowest BCUT2D eigenvalue weighted by atomic mass is 9.66. The first kappa shape index (κ1) is 35.7. The molecule has 1 aliphatic carbocycles. The maximum atomic E-state index is 13.5. The maximum Gasteiger partial charge on any atom is 0.306 e. The van der Waals surface area contributed by atoms with Crippen molar-refractivity contribution in [3.63, 3.8) is 0 Å². The number of sulfone groups is 2. The van der Waals surface area contributed by atoms with Gasteiger partial charge in [0.1, 0.15) is 13.2 Å². The van der Waals surface area contributed by atoms with E-state index < -0.39 is 54.0 Å². The van der Waals surface area contributed by atoms with Crippen molar-refractivity contribution in [1.82, 2.24) is 0 Å². The highest BCUT2D eigenvalue weighted by Crippen LogP contribution is 2.44. The van der Waals surface area contributed by atoms with Crippen LogP contribution < -0.4 is 0 Å². The van der Waals surface area contributed by atoms with Crippen molar-refractivity contribution in [2.75, 3.05) is 36.2 Å². The Bertz CT molecular complexity index is 1180. The molecule has 0 amide bonds. The number of ketones is 2. The van der Waals surface area contributed by atoms with Crippen LogP contribution in [0.3, 0.4) is 0 Å². The second-order valence-electron chi connectivity index (χ2n) is 11.5.